The number of hydrogen-bond acceptors (Lipinski definition) is 5. The highest BCUT2D eigenvalue weighted by atomic mass is 32.2. The van der Waals surface area contributed by atoms with Crippen molar-refractivity contribution >= 4 is 27.3 Å². The maximum atomic E-state index is 13.2. The fourth-order valence-electron chi connectivity index (χ4n) is 4.17. The van der Waals surface area contributed by atoms with Crippen LogP contribution >= 0.6 is 0 Å². The van der Waals surface area contributed by atoms with Gasteiger partial charge in [-0.2, -0.15) is 4.31 Å². The van der Waals surface area contributed by atoms with Gasteiger partial charge in [-0.25, -0.2) is 8.42 Å². The van der Waals surface area contributed by atoms with Crippen LogP contribution in [0.4, 0.5) is 11.4 Å². The monoisotopic (exact) mass is 479 g/mol. The summed E-state index contributed by atoms with van der Waals surface area (Å²) in [7, 11) is -3.90. The van der Waals surface area contributed by atoms with Crippen molar-refractivity contribution in [3.63, 3.8) is 0 Å². The molecule has 1 fully saturated rings. The zero-order valence-corrected chi connectivity index (χ0v) is 19.5. The molecule has 34 heavy (non-hydrogen) atoms. The number of carbonyl (C=O) groups excluding carboxylic acids is 1. The van der Waals surface area contributed by atoms with Crippen LogP contribution in [0.3, 0.4) is 0 Å². The van der Waals surface area contributed by atoms with Crippen LogP contribution in [0, 0.1) is 23.0 Å². The summed E-state index contributed by atoms with van der Waals surface area (Å²) in [5.41, 5.74) is 2.80. The van der Waals surface area contributed by atoms with Crippen LogP contribution in [-0.4, -0.2) is 36.6 Å². The standard InChI is InChI=1S/C25H25N3O5S/c1-18-11-12-21(28(30)31)17-24(18)34(32,33)27-15-13-20(14-16-27)25(29)26-23-10-6-5-9-22(23)19-7-3-2-4-8-19/h2-12,17,20H,13-16H2,1H3,(H,26,29). The largest absolute Gasteiger partial charge is 0.325 e. The minimum Gasteiger partial charge on any atom is -0.325 e. The van der Waals surface area contributed by atoms with Crippen molar-refractivity contribution in [1.82, 2.24) is 4.31 Å². The molecule has 176 valence electrons. The number of nitro benzene ring substituents is 1. The second kappa shape index (κ2) is 9.74. The molecule has 1 heterocycles. The summed E-state index contributed by atoms with van der Waals surface area (Å²) in [6.07, 6.45) is 0.735. The molecule has 1 aliphatic rings. The highest BCUT2D eigenvalue weighted by molar-refractivity contribution is 7.89. The number of sulfonamides is 1. The molecular weight excluding hydrogens is 454 g/mol. The molecule has 0 aromatic heterocycles. The van der Waals surface area contributed by atoms with Gasteiger partial charge in [0.25, 0.3) is 5.69 Å². The SMILES string of the molecule is Cc1ccc([N+](=O)[O-])cc1S(=O)(=O)N1CCC(C(=O)Nc2ccccc2-c2ccccc2)CC1. The Morgan fingerprint density at radius 2 is 1.65 bits per heavy atom. The lowest BCUT2D eigenvalue weighted by atomic mass is 9.96. The number of piperidine rings is 1. The van der Waals surface area contributed by atoms with Gasteiger partial charge in [-0.15, -0.1) is 0 Å². The number of non-ortho nitro benzene ring substituents is 1. The van der Waals surface area contributed by atoms with Gasteiger partial charge >= 0.3 is 0 Å². The number of anilines is 1. The Kier molecular flexibility index (Phi) is 6.76. The molecular formula is C25H25N3O5S. The molecule has 0 aliphatic carbocycles. The van der Waals surface area contributed by atoms with Gasteiger partial charge < -0.3 is 5.32 Å². The lowest BCUT2D eigenvalue weighted by Gasteiger charge is -2.31. The van der Waals surface area contributed by atoms with Crippen LogP contribution in [0.15, 0.2) is 77.7 Å². The van der Waals surface area contributed by atoms with E-state index < -0.39 is 14.9 Å². The first kappa shape index (κ1) is 23.6. The Morgan fingerprint density at radius 1 is 1.00 bits per heavy atom. The third-order valence-electron chi connectivity index (χ3n) is 6.09. The van der Waals surface area contributed by atoms with E-state index >= 15 is 0 Å². The molecule has 0 radical (unpaired) electrons. The van der Waals surface area contributed by atoms with Gasteiger partial charge in [-0.3, -0.25) is 14.9 Å². The van der Waals surface area contributed by atoms with E-state index in [9.17, 15) is 23.3 Å². The van der Waals surface area contributed by atoms with Gasteiger partial charge in [0.05, 0.1) is 9.82 Å². The Balaban J connectivity index is 1.45. The summed E-state index contributed by atoms with van der Waals surface area (Å²) in [6.45, 7) is 1.95. The summed E-state index contributed by atoms with van der Waals surface area (Å²) in [4.78, 5) is 23.4. The molecule has 4 rings (SSSR count). The van der Waals surface area contributed by atoms with Crippen LogP contribution in [0.2, 0.25) is 0 Å². The molecule has 0 unspecified atom stereocenters. The second-order valence-electron chi connectivity index (χ2n) is 8.29. The van der Waals surface area contributed by atoms with Crippen molar-refractivity contribution in [2.45, 2.75) is 24.7 Å². The number of amides is 1. The van der Waals surface area contributed by atoms with Crippen LogP contribution in [-0.2, 0) is 14.8 Å². The fraction of sp³-hybridized carbons (Fsp3) is 0.240. The number of aryl methyl sites for hydroxylation is 1. The van der Waals surface area contributed by atoms with Crippen LogP contribution in [0.25, 0.3) is 11.1 Å². The molecule has 8 nitrogen and oxygen atoms in total. The predicted octanol–water partition coefficient (Wildman–Crippen LogP) is 4.61. The van der Waals surface area contributed by atoms with Crippen molar-refractivity contribution in [2.24, 2.45) is 5.92 Å². The van der Waals surface area contributed by atoms with Crippen molar-refractivity contribution in [1.29, 1.82) is 0 Å². The third-order valence-corrected chi connectivity index (χ3v) is 8.14. The number of nitrogens with zero attached hydrogens (tertiary/aromatic N) is 2. The first-order valence-electron chi connectivity index (χ1n) is 11.0. The molecule has 0 saturated carbocycles. The molecule has 0 spiro atoms. The average Bonchev–Trinajstić information content (AvgIpc) is 2.85. The van der Waals surface area contributed by atoms with E-state index in [0.29, 0.717) is 24.1 Å². The Labute approximate surface area is 198 Å². The zero-order valence-electron chi connectivity index (χ0n) is 18.7. The van der Waals surface area contributed by atoms with E-state index in [1.807, 2.05) is 54.6 Å². The Bertz CT molecular complexity index is 1320. The summed E-state index contributed by atoms with van der Waals surface area (Å²) in [5.74, 6) is -0.478. The normalized spacial score (nSPS) is 15.1. The molecule has 1 aliphatic heterocycles. The van der Waals surface area contributed by atoms with E-state index in [4.69, 9.17) is 0 Å². The molecule has 9 heteroatoms. The van der Waals surface area contributed by atoms with Crippen molar-refractivity contribution in [2.75, 3.05) is 18.4 Å². The smallest absolute Gasteiger partial charge is 0.270 e. The maximum absolute atomic E-state index is 13.2. The van der Waals surface area contributed by atoms with E-state index in [-0.39, 0.29) is 35.5 Å². The Morgan fingerprint density at radius 3 is 2.32 bits per heavy atom. The molecule has 1 N–H and O–H groups in total. The van der Waals surface area contributed by atoms with Crippen LogP contribution < -0.4 is 5.32 Å². The van der Waals surface area contributed by atoms with Crippen molar-refractivity contribution in [3.8, 4) is 11.1 Å². The highest BCUT2D eigenvalue weighted by Crippen LogP contribution is 2.31. The van der Waals surface area contributed by atoms with Gasteiger partial charge in [-0.1, -0.05) is 54.6 Å². The van der Waals surface area contributed by atoms with Crippen molar-refractivity contribution < 1.29 is 18.1 Å². The van der Waals surface area contributed by atoms with E-state index in [1.165, 1.54) is 16.4 Å². The van der Waals surface area contributed by atoms with E-state index in [2.05, 4.69) is 5.32 Å². The Hall–Kier alpha value is -3.56. The maximum Gasteiger partial charge on any atom is 0.270 e. The number of nitro groups is 1. The van der Waals surface area contributed by atoms with Crippen molar-refractivity contribution in [3.05, 3.63) is 88.5 Å². The molecule has 1 amide bonds. The van der Waals surface area contributed by atoms with Gasteiger partial charge in [0.15, 0.2) is 0 Å². The second-order valence-corrected chi connectivity index (χ2v) is 10.2. The van der Waals surface area contributed by atoms with E-state index in [1.54, 1.807) is 6.92 Å². The molecule has 3 aromatic rings. The summed E-state index contributed by atoms with van der Waals surface area (Å²) in [5, 5.41) is 14.1. The summed E-state index contributed by atoms with van der Waals surface area (Å²) >= 11 is 0. The third kappa shape index (κ3) is 4.85. The fourth-order valence-corrected chi connectivity index (χ4v) is 5.89. The molecule has 0 atom stereocenters. The summed E-state index contributed by atoms with van der Waals surface area (Å²) in [6, 6.07) is 21.2. The number of para-hydroxylation sites is 1. The average molecular weight is 480 g/mol. The van der Waals surface area contributed by atoms with Gasteiger partial charge in [0.1, 0.15) is 0 Å². The lowest BCUT2D eigenvalue weighted by molar-refractivity contribution is -0.385. The first-order chi connectivity index (χ1) is 16.3. The quantitative estimate of drug-likeness (QED) is 0.410. The molecule has 1 saturated heterocycles. The van der Waals surface area contributed by atoms with Gasteiger partial charge in [0, 0.05) is 42.4 Å². The number of nitrogens with one attached hydrogen (secondary N) is 1. The molecule has 0 bridgehead atoms. The topological polar surface area (TPSA) is 110 Å². The number of benzene rings is 3. The first-order valence-corrected chi connectivity index (χ1v) is 12.4. The van der Waals surface area contributed by atoms with Crippen LogP contribution in [0.1, 0.15) is 18.4 Å². The summed E-state index contributed by atoms with van der Waals surface area (Å²) < 4.78 is 27.6. The predicted molar refractivity (Wildman–Crippen MR) is 130 cm³/mol. The molecule has 3 aromatic carbocycles. The number of hydrogen-bond donors (Lipinski definition) is 1. The van der Waals surface area contributed by atoms with Gasteiger partial charge in [0.2, 0.25) is 15.9 Å². The highest BCUT2D eigenvalue weighted by Gasteiger charge is 2.33. The minimum absolute atomic E-state index is 0.0682. The number of rotatable bonds is 6. The van der Waals surface area contributed by atoms with E-state index in [0.717, 1.165) is 17.2 Å². The zero-order chi connectivity index (χ0) is 24.3. The van der Waals surface area contributed by atoms with Crippen LogP contribution in [0.5, 0.6) is 0 Å². The minimum atomic E-state index is -3.90. The number of carbonyl (C=O) groups is 1. The van der Waals surface area contributed by atoms with Gasteiger partial charge in [-0.05, 0) is 37.0 Å². The lowest BCUT2D eigenvalue weighted by Crippen LogP contribution is -2.41.